The molecule has 1 aliphatic heterocycles. The molecule has 0 aromatic rings. The van der Waals surface area contributed by atoms with Crippen LogP contribution < -0.4 is 5.32 Å². The van der Waals surface area contributed by atoms with Gasteiger partial charge in [0.25, 0.3) is 5.92 Å². The number of carbonyl (C=O) groups is 2. The van der Waals surface area contributed by atoms with Crippen LogP contribution >= 0.6 is 0 Å². The minimum atomic E-state index is -3.24. The Kier molecular flexibility index (Phi) is 2.70. The highest BCUT2D eigenvalue weighted by atomic mass is 19.3. The number of rotatable bonds is 2. The van der Waals surface area contributed by atoms with Crippen LogP contribution in [-0.4, -0.2) is 40.2 Å². The zero-order chi connectivity index (χ0) is 10.9. The number of alkyl halides is 2. The fourth-order valence-corrected chi connectivity index (χ4v) is 1.36. The summed E-state index contributed by atoms with van der Waals surface area (Å²) in [6.07, 6.45) is -1.74. The highest BCUT2D eigenvalue weighted by Crippen LogP contribution is 2.30. The Morgan fingerprint density at radius 3 is 1.79 bits per heavy atom. The number of nitrogens with one attached hydrogen (secondary N) is 1. The standard InChI is InChI=1S/C7H9F2NO4/c8-7(9)1-3(5(11)12)10-4(2-7)6(13)14/h3-4,10H,1-2H2,(H,11,12)(H,13,14). The van der Waals surface area contributed by atoms with E-state index >= 15 is 0 Å². The molecule has 14 heavy (non-hydrogen) atoms. The van der Waals surface area contributed by atoms with Crippen LogP contribution in [0.2, 0.25) is 0 Å². The van der Waals surface area contributed by atoms with E-state index in [1.54, 1.807) is 0 Å². The molecular weight excluding hydrogens is 200 g/mol. The Morgan fingerprint density at radius 2 is 1.50 bits per heavy atom. The van der Waals surface area contributed by atoms with Crippen LogP contribution in [0.5, 0.6) is 0 Å². The average Bonchev–Trinajstić information content (AvgIpc) is 2.01. The molecule has 0 bridgehead atoms. The van der Waals surface area contributed by atoms with Crippen LogP contribution in [-0.2, 0) is 9.59 Å². The van der Waals surface area contributed by atoms with Crippen molar-refractivity contribution in [1.29, 1.82) is 0 Å². The third-order valence-corrected chi connectivity index (χ3v) is 2.00. The molecule has 2 unspecified atom stereocenters. The van der Waals surface area contributed by atoms with Crippen molar-refractivity contribution in [1.82, 2.24) is 5.32 Å². The lowest BCUT2D eigenvalue weighted by atomic mass is 9.95. The molecule has 0 amide bonds. The van der Waals surface area contributed by atoms with E-state index in [0.29, 0.717) is 0 Å². The maximum Gasteiger partial charge on any atom is 0.320 e. The molecule has 1 fully saturated rings. The van der Waals surface area contributed by atoms with Crippen molar-refractivity contribution in [2.75, 3.05) is 0 Å². The molecule has 1 saturated heterocycles. The molecular formula is C7H9F2NO4. The van der Waals surface area contributed by atoms with Crippen molar-refractivity contribution in [3.05, 3.63) is 0 Å². The zero-order valence-electron chi connectivity index (χ0n) is 7.04. The second-order valence-electron chi connectivity index (χ2n) is 3.21. The summed E-state index contributed by atoms with van der Waals surface area (Å²) < 4.78 is 25.7. The summed E-state index contributed by atoms with van der Waals surface area (Å²) in [7, 11) is 0. The van der Waals surface area contributed by atoms with Crippen molar-refractivity contribution in [2.45, 2.75) is 30.8 Å². The topological polar surface area (TPSA) is 86.6 Å². The van der Waals surface area contributed by atoms with E-state index in [0.717, 1.165) is 0 Å². The zero-order valence-corrected chi connectivity index (χ0v) is 7.04. The van der Waals surface area contributed by atoms with Gasteiger partial charge in [0, 0.05) is 12.8 Å². The molecule has 0 aliphatic carbocycles. The van der Waals surface area contributed by atoms with E-state index in [1.165, 1.54) is 0 Å². The van der Waals surface area contributed by atoms with Gasteiger partial charge >= 0.3 is 11.9 Å². The molecule has 0 spiro atoms. The summed E-state index contributed by atoms with van der Waals surface area (Å²) in [6, 6.07) is -3.00. The highest BCUT2D eigenvalue weighted by Gasteiger charge is 2.45. The van der Waals surface area contributed by atoms with E-state index in [-0.39, 0.29) is 0 Å². The lowest BCUT2D eigenvalue weighted by Crippen LogP contribution is -2.56. The SMILES string of the molecule is O=C(O)C1CC(F)(F)CC(C(=O)O)N1. The molecule has 2 atom stereocenters. The number of hydrogen-bond acceptors (Lipinski definition) is 3. The highest BCUT2D eigenvalue weighted by molar-refractivity contribution is 5.78. The molecule has 0 saturated carbocycles. The molecule has 1 rings (SSSR count). The molecule has 3 N–H and O–H groups in total. The summed E-state index contributed by atoms with van der Waals surface area (Å²) in [5, 5.41) is 19.1. The quantitative estimate of drug-likeness (QED) is 0.591. The lowest BCUT2D eigenvalue weighted by molar-refractivity contribution is -0.153. The van der Waals surface area contributed by atoms with Crippen LogP contribution in [0.4, 0.5) is 8.78 Å². The molecule has 0 aromatic carbocycles. The second kappa shape index (κ2) is 3.49. The summed E-state index contributed by atoms with van der Waals surface area (Å²) in [5.41, 5.74) is 0. The maximum atomic E-state index is 12.9. The molecule has 7 heteroatoms. The van der Waals surface area contributed by atoms with E-state index in [9.17, 15) is 18.4 Å². The minimum Gasteiger partial charge on any atom is -0.480 e. The second-order valence-corrected chi connectivity index (χ2v) is 3.21. The van der Waals surface area contributed by atoms with Gasteiger partial charge in [-0.1, -0.05) is 0 Å². The fourth-order valence-electron chi connectivity index (χ4n) is 1.36. The number of piperidine rings is 1. The van der Waals surface area contributed by atoms with Crippen LogP contribution in [0.3, 0.4) is 0 Å². The minimum absolute atomic E-state index is 0.869. The number of carboxylic acid groups (broad SMARTS) is 2. The first-order valence-corrected chi connectivity index (χ1v) is 3.91. The molecule has 5 nitrogen and oxygen atoms in total. The van der Waals surface area contributed by atoms with Crippen molar-refractivity contribution in [3.8, 4) is 0 Å². The van der Waals surface area contributed by atoms with Crippen LogP contribution in [0.25, 0.3) is 0 Å². The van der Waals surface area contributed by atoms with Crippen molar-refractivity contribution in [2.24, 2.45) is 0 Å². The van der Waals surface area contributed by atoms with Gasteiger partial charge in [0.15, 0.2) is 0 Å². The first-order chi connectivity index (χ1) is 6.32. The van der Waals surface area contributed by atoms with Crippen molar-refractivity contribution < 1.29 is 28.6 Å². The third kappa shape index (κ3) is 2.38. The first kappa shape index (κ1) is 10.8. The number of aliphatic carboxylic acids is 2. The van der Waals surface area contributed by atoms with Crippen molar-refractivity contribution in [3.63, 3.8) is 0 Å². The van der Waals surface area contributed by atoms with Crippen LogP contribution in [0, 0.1) is 0 Å². The van der Waals surface area contributed by atoms with Gasteiger partial charge < -0.3 is 10.2 Å². The Bertz CT molecular complexity index is 244. The Morgan fingerprint density at radius 1 is 1.14 bits per heavy atom. The number of carboxylic acids is 2. The maximum absolute atomic E-state index is 12.9. The van der Waals surface area contributed by atoms with Gasteiger partial charge in [0.05, 0.1) is 0 Å². The van der Waals surface area contributed by atoms with Gasteiger partial charge in [-0.25, -0.2) is 8.78 Å². The van der Waals surface area contributed by atoms with E-state index in [1.807, 2.05) is 0 Å². The lowest BCUT2D eigenvalue weighted by Gasteiger charge is -2.31. The molecule has 0 aromatic heterocycles. The summed E-state index contributed by atoms with van der Waals surface area (Å²) in [6.45, 7) is 0. The number of hydrogen-bond donors (Lipinski definition) is 3. The monoisotopic (exact) mass is 209 g/mol. The average molecular weight is 209 g/mol. The molecule has 80 valence electrons. The Hall–Kier alpha value is -1.24. The smallest absolute Gasteiger partial charge is 0.320 e. The van der Waals surface area contributed by atoms with E-state index < -0.39 is 42.8 Å². The van der Waals surface area contributed by atoms with E-state index in [2.05, 4.69) is 5.32 Å². The van der Waals surface area contributed by atoms with Gasteiger partial charge in [0.2, 0.25) is 0 Å². The molecule has 1 heterocycles. The van der Waals surface area contributed by atoms with Gasteiger partial charge in [-0.05, 0) is 0 Å². The summed E-state index contributed by atoms with van der Waals surface area (Å²) >= 11 is 0. The van der Waals surface area contributed by atoms with E-state index in [4.69, 9.17) is 10.2 Å². The third-order valence-electron chi connectivity index (χ3n) is 2.00. The molecule has 1 aliphatic rings. The van der Waals surface area contributed by atoms with Gasteiger partial charge in [0.1, 0.15) is 12.1 Å². The van der Waals surface area contributed by atoms with Crippen LogP contribution in [0.1, 0.15) is 12.8 Å². The number of halogens is 2. The Balaban J connectivity index is 2.77. The normalized spacial score (nSPS) is 31.0. The van der Waals surface area contributed by atoms with Crippen LogP contribution in [0.15, 0.2) is 0 Å². The largest absolute Gasteiger partial charge is 0.480 e. The predicted molar refractivity (Wildman–Crippen MR) is 40.2 cm³/mol. The molecule has 0 radical (unpaired) electrons. The fraction of sp³-hybridized carbons (Fsp3) is 0.714. The van der Waals surface area contributed by atoms with Gasteiger partial charge in [-0.3, -0.25) is 14.9 Å². The van der Waals surface area contributed by atoms with Gasteiger partial charge in [-0.2, -0.15) is 0 Å². The van der Waals surface area contributed by atoms with Crippen molar-refractivity contribution >= 4 is 11.9 Å². The predicted octanol–water partition coefficient (Wildman–Crippen LogP) is -0.0885. The Labute approximate surface area is 77.7 Å². The summed E-state index contributed by atoms with van der Waals surface area (Å²) in [4.78, 5) is 20.8. The van der Waals surface area contributed by atoms with Gasteiger partial charge in [-0.15, -0.1) is 0 Å². The first-order valence-electron chi connectivity index (χ1n) is 3.91. The summed E-state index contributed by atoms with van der Waals surface area (Å²) in [5.74, 6) is -6.16.